The number of likely N-dealkylation sites (tertiary alicyclic amines) is 1. The first-order chi connectivity index (χ1) is 10.9. The predicted molar refractivity (Wildman–Crippen MR) is 96.1 cm³/mol. The minimum absolute atomic E-state index is 0.0143. The number of aryl methyl sites for hydroxylation is 2. The van der Waals surface area contributed by atoms with E-state index in [0.29, 0.717) is 0 Å². The first-order valence-electron chi connectivity index (χ1n) is 8.13. The number of nitrogens with zero attached hydrogens (tertiary/aromatic N) is 1. The van der Waals surface area contributed by atoms with Gasteiger partial charge in [0.05, 0.1) is 5.60 Å². The van der Waals surface area contributed by atoms with Crippen LogP contribution in [0.4, 0.5) is 0 Å². The summed E-state index contributed by atoms with van der Waals surface area (Å²) in [6.07, 6.45) is 0.725. The van der Waals surface area contributed by atoms with E-state index in [-0.39, 0.29) is 5.92 Å². The molecule has 122 valence electrons. The highest BCUT2D eigenvalue weighted by molar-refractivity contribution is 6.30. The fourth-order valence-corrected chi connectivity index (χ4v) is 3.99. The van der Waals surface area contributed by atoms with E-state index in [4.69, 9.17) is 11.6 Å². The first-order valence-corrected chi connectivity index (χ1v) is 8.51. The van der Waals surface area contributed by atoms with Crippen molar-refractivity contribution in [2.24, 2.45) is 0 Å². The lowest BCUT2D eigenvalue weighted by Crippen LogP contribution is -2.47. The Kier molecular flexibility index (Phi) is 4.50. The highest BCUT2D eigenvalue weighted by atomic mass is 35.5. The molecule has 2 aromatic carbocycles. The molecule has 0 radical (unpaired) electrons. The van der Waals surface area contributed by atoms with Crippen molar-refractivity contribution in [2.75, 3.05) is 20.1 Å². The maximum atomic E-state index is 11.6. The third kappa shape index (κ3) is 3.30. The summed E-state index contributed by atoms with van der Waals surface area (Å²) < 4.78 is 0. The normalized spacial score (nSPS) is 25.5. The van der Waals surface area contributed by atoms with Crippen molar-refractivity contribution in [3.63, 3.8) is 0 Å². The number of aliphatic hydroxyl groups is 1. The summed E-state index contributed by atoms with van der Waals surface area (Å²) in [5.41, 5.74) is 3.58. The molecule has 0 aromatic heterocycles. The maximum Gasteiger partial charge on any atom is 0.0989 e. The van der Waals surface area contributed by atoms with Crippen LogP contribution in [0.1, 0.15) is 34.6 Å². The minimum atomic E-state index is -0.852. The Morgan fingerprint density at radius 2 is 1.91 bits per heavy atom. The van der Waals surface area contributed by atoms with Crippen molar-refractivity contribution >= 4 is 11.6 Å². The van der Waals surface area contributed by atoms with Gasteiger partial charge in [-0.05, 0) is 56.1 Å². The molecule has 1 heterocycles. The van der Waals surface area contributed by atoms with E-state index in [2.05, 4.69) is 37.1 Å². The molecule has 1 aliphatic heterocycles. The van der Waals surface area contributed by atoms with Crippen molar-refractivity contribution in [1.29, 1.82) is 0 Å². The van der Waals surface area contributed by atoms with E-state index >= 15 is 0 Å². The van der Waals surface area contributed by atoms with Crippen LogP contribution < -0.4 is 0 Å². The molecule has 3 rings (SSSR count). The number of piperidine rings is 1. The van der Waals surface area contributed by atoms with E-state index in [1.807, 2.05) is 31.2 Å². The summed E-state index contributed by atoms with van der Waals surface area (Å²) in [6, 6.07) is 14.4. The molecule has 1 saturated heterocycles. The van der Waals surface area contributed by atoms with Crippen LogP contribution in [0.25, 0.3) is 0 Å². The van der Waals surface area contributed by atoms with Crippen LogP contribution in [-0.4, -0.2) is 30.1 Å². The highest BCUT2D eigenvalue weighted by Crippen LogP contribution is 2.44. The molecular formula is C20H24ClNO. The van der Waals surface area contributed by atoms with Crippen LogP contribution in [0.5, 0.6) is 0 Å². The molecule has 1 aliphatic rings. The predicted octanol–water partition coefficient (Wildman–Crippen LogP) is 4.26. The summed E-state index contributed by atoms with van der Waals surface area (Å²) in [6.45, 7) is 5.83. The maximum absolute atomic E-state index is 11.6. The van der Waals surface area contributed by atoms with Crippen molar-refractivity contribution in [3.8, 4) is 0 Å². The lowest BCUT2D eigenvalue weighted by molar-refractivity contribution is -0.0419. The number of benzene rings is 2. The number of hydrogen-bond acceptors (Lipinski definition) is 2. The van der Waals surface area contributed by atoms with Gasteiger partial charge in [0.25, 0.3) is 0 Å². The zero-order valence-electron chi connectivity index (χ0n) is 14.0. The highest BCUT2D eigenvalue weighted by Gasteiger charge is 2.43. The second-order valence-electron chi connectivity index (χ2n) is 6.92. The van der Waals surface area contributed by atoms with Gasteiger partial charge >= 0.3 is 0 Å². The topological polar surface area (TPSA) is 23.5 Å². The first kappa shape index (κ1) is 16.5. The molecule has 0 aliphatic carbocycles. The summed E-state index contributed by atoms with van der Waals surface area (Å²) in [5.74, 6) is 0.0143. The molecule has 2 unspecified atom stereocenters. The molecule has 2 atom stereocenters. The quantitative estimate of drug-likeness (QED) is 0.889. The summed E-state index contributed by atoms with van der Waals surface area (Å²) >= 11 is 6.27. The lowest BCUT2D eigenvalue weighted by Gasteiger charge is -2.44. The zero-order chi connectivity index (χ0) is 16.6. The Hall–Kier alpha value is -1.35. The van der Waals surface area contributed by atoms with Gasteiger partial charge in [0.15, 0.2) is 0 Å². The number of hydrogen-bond donors (Lipinski definition) is 1. The van der Waals surface area contributed by atoms with Gasteiger partial charge < -0.3 is 10.0 Å². The van der Waals surface area contributed by atoms with E-state index in [9.17, 15) is 5.11 Å². The molecule has 0 amide bonds. The van der Waals surface area contributed by atoms with E-state index in [0.717, 1.165) is 41.2 Å². The third-order valence-electron chi connectivity index (χ3n) is 4.93. The van der Waals surface area contributed by atoms with E-state index in [1.165, 1.54) is 5.56 Å². The molecular weight excluding hydrogens is 306 g/mol. The van der Waals surface area contributed by atoms with E-state index < -0.39 is 5.60 Å². The lowest BCUT2D eigenvalue weighted by atomic mass is 9.72. The second kappa shape index (κ2) is 6.27. The van der Waals surface area contributed by atoms with Gasteiger partial charge in [0, 0.05) is 24.0 Å². The molecule has 2 nitrogen and oxygen atoms in total. The molecule has 0 spiro atoms. The average Bonchev–Trinajstić information content (AvgIpc) is 2.49. The molecule has 23 heavy (non-hydrogen) atoms. The number of rotatable bonds is 2. The second-order valence-corrected chi connectivity index (χ2v) is 7.36. The van der Waals surface area contributed by atoms with Crippen molar-refractivity contribution in [3.05, 3.63) is 69.7 Å². The van der Waals surface area contributed by atoms with Gasteiger partial charge in [0.2, 0.25) is 0 Å². The van der Waals surface area contributed by atoms with E-state index in [1.54, 1.807) is 0 Å². The Morgan fingerprint density at radius 1 is 1.13 bits per heavy atom. The van der Waals surface area contributed by atoms with Gasteiger partial charge in [-0.3, -0.25) is 0 Å². The summed E-state index contributed by atoms with van der Waals surface area (Å²) in [4.78, 5) is 2.28. The third-order valence-corrected chi connectivity index (χ3v) is 5.15. The Morgan fingerprint density at radius 3 is 2.61 bits per heavy atom. The number of halogens is 1. The van der Waals surface area contributed by atoms with Gasteiger partial charge in [-0.2, -0.15) is 0 Å². The Labute approximate surface area is 143 Å². The van der Waals surface area contributed by atoms with Crippen LogP contribution in [0.15, 0.2) is 42.5 Å². The molecule has 3 heteroatoms. The van der Waals surface area contributed by atoms with Crippen LogP contribution >= 0.6 is 11.6 Å². The standard InChI is InChI=1S/C20H24ClNO/c1-14-5-4-6-17(10-14)20(23)7-8-22(3)13-19(20)16-9-15(2)11-18(21)12-16/h4-6,9-12,19,23H,7-8,13H2,1-3H3. The smallest absolute Gasteiger partial charge is 0.0989 e. The Bertz CT molecular complexity index is 694. The molecule has 0 bridgehead atoms. The number of likely N-dealkylation sites (N-methyl/N-ethyl adjacent to an activating group) is 1. The van der Waals surface area contributed by atoms with Gasteiger partial charge in [0.1, 0.15) is 0 Å². The SMILES string of the molecule is Cc1cc(Cl)cc(C2CN(C)CCC2(O)c2cccc(C)c2)c1. The molecule has 2 aromatic rings. The molecule has 0 saturated carbocycles. The average molecular weight is 330 g/mol. The minimum Gasteiger partial charge on any atom is -0.384 e. The van der Waals surface area contributed by atoms with Crippen LogP contribution in [0.3, 0.4) is 0 Å². The van der Waals surface area contributed by atoms with Crippen molar-refractivity contribution in [2.45, 2.75) is 31.8 Å². The molecule has 1 fully saturated rings. The summed E-state index contributed by atoms with van der Waals surface area (Å²) in [7, 11) is 2.11. The van der Waals surface area contributed by atoms with Crippen LogP contribution in [0, 0.1) is 13.8 Å². The Balaban J connectivity index is 2.09. The van der Waals surface area contributed by atoms with Gasteiger partial charge in [-0.1, -0.05) is 47.5 Å². The van der Waals surface area contributed by atoms with Crippen LogP contribution in [0.2, 0.25) is 5.02 Å². The zero-order valence-corrected chi connectivity index (χ0v) is 14.8. The van der Waals surface area contributed by atoms with Crippen molar-refractivity contribution in [1.82, 2.24) is 4.90 Å². The van der Waals surface area contributed by atoms with Crippen molar-refractivity contribution < 1.29 is 5.11 Å². The monoisotopic (exact) mass is 329 g/mol. The summed E-state index contributed by atoms with van der Waals surface area (Å²) in [5, 5.41) is 12.3. The fourth-order valence-electron chi connectivity index (χ4n) is 3.70. The van der Waals surface area contributed by atoms with Crippen LogP contribution in [-0.2, 0) is 5.60 Å². The van der Waals surface area contributed by atoms with Gasteiger partial charge in [-0.25, -0.2) is 0 Å². The van der Waals surface area contributed by atoms with Gasteiger partial charge in [-0.15, -0.1) is 0 Å². The largest absolute Gasteiger partial charge is 0.384 e. The molecule has 1 N–H and O–H groups in total. The fraction of sp³-hybridized carbons (Fsp3) is 0.400.